The van der Waals surface area contributed by atoms with Crippen molar-refractivity contribution in [2.75, 3.05) is 20.3 Å². The second-order valence-corrected chi connectivity index (χ2v) is 6.20. The predicted molar refractivity (Wildman–Crippen MR) is 99.5 cm³/mol. The molecule has 0 amide bonds. The highest BCUT2D eigenvalue weighted by Crippen LogP contribution is 2.32. The van der Waals surface area contributed by atoms with Crippen LogP contribution in [0.2, 0.25) is 0 Å². The van der Waals surface area contributed by atoms with Gasteiger partial charge in [0.15, 0.2) is 11.5 Å². The largest absolute Gasteiger partial charge is 0.493 e. The Morgan fingerprint density at radius 1 is 1.23 bits per heavy atom. The summed E-state index contributed by atoms with van der Waals surface area (Å²) < 4.78 is 16.9. The molecule has 1 aliphatic heterocycles. The van der Waals surface area contributed by atoms with Crippen molar-refractivity contribution in [3.05, 3.63) is 53.6 Å². The van der Waals surface area contributed by atoms with Crippen LogP contribution < -0.4 is 19.5 Å². The maximum Gasteiger partial charge on any atom is 0.161 e. The van der Waals surface area contributed by atoms with Gasteiger partial charge < -0.3 is 19.5 Å². The van der Waals surface area contributed by atoms with Gasteiger partial charge in [0.2, 0.25) is 0 Å². The molecule has 1 heterocycles. The zero-order chi connectivity index (χ0) is 18.2. The number of nitrogens with zero attached hydrogens (tertiary/aromatic N) is 1. The number of ether oxygens (including phenoxy) is 3. The van der Waals surface area contributed by atoms with E-state index in [0.717, 1.165) is 36.6 Å². The minimum atomic E-state index is 0.280. The quantitative estimate of drug-likeness (QED) is 0.728. The Balaban J connectivity index is 1.64. The number of nitriles is 1. The number of rotatable bonds is 8. The average Bonchev–Trinajstić information content (AvgIpc) is 2.69. The van der Waals surface area contributed by atoms with E-state index in [1.165, 1.54) is 5.56 Å². The first-order valence-electron chi connectivity index (χ1n) is 8.93. The van der Waals surface area contributed by atoms with E-state index < -0.39 is 0 Å². The van der Waals surface area contributed by atoms with Crippen LogP contribution in [0.1, 0.15) is 36.4 Å². The molecule has 2 aromatic rings. The molecule has 1 aliphatic rings. The molecular weight excluding hydrogens is 328 g/mol. The van der Waals surface area contributed by atoms with Gasteiger partial charge in [0.1, 0.15) is 5.75 Å². The van der Waals surface area contributed by atoms with E-state index in [2.05, 4.69) is 17.5 Å². The minimum absolute atomic E-state index is 0.280. The van der Waals surface area contributed by atoms with Crippen LogP contribution in [0.3, 0.4) is 0 Å². The van der Waals surface area contributed by atoms with Crippen molar-refractivity contribution in [1.82, 2.24) is 5.32 Å². The van der Waals surface area contributed by atoms with Gasteiger partial charge in [0, 0.05) is 31.0 Å². The lowest BCUT2D eigenvalue weighted by Crippen LogP contribution is -2.26. The van der Waals surface area contributed by atoms with Crippen molar-refractivity contribution in [3.63, 3.8) is 0 Å². The van der Waals surface area contributed by atoms with Crippen LogP contribution >= 0.6 is 0 Å². The fraction of sp³-hybridized carbons (Fsp3) is 0.381. The molecule has 0 saturated carbocycles. The Morgan fingerprint density at radius 2 is 2.12 bits per heavy atom. The predicted octanol–water partition coefficient (Wildman–Crippen LogP) is 3.99. The van der Waals surface area contributed by atoms with Crippen molar-refractivity contribution in [1.29, 1.82) is 5.26 Å². The second kappa shape index (κ2) is 9.12. The van der Waals surface area contributed by atoms with Gasteiger partial charge in [-0.25, -0.2) is 0 Å². The summed E-state index contributed by atoms with van der Waals surface area (Å²) in [4.78, 5) is 0. The van der Waals surface area contributed by atoms with Gasteiger partial charge in [-0.1, -0.05) is 24.3 Å². The standard InChI is InChI=1S/C21H24N2O3/c1-24-20-9-8-16(14-21(20)25-12-5-4-11-22)15-23-18-10-13-26-19-7-3-2-6-17(18)19/h2-3,6-9,14,18,23H,4-5,10,12-13,15H2,1H3. The molecule has 5 heteroatoms. The highest BCUT2D eigenvalue weighted by molar-refractivity contribution is 5.43. The molecule has 0 spiro atoms. The second-order valence-electron chi connectivity index (χ2n) is 6.20. The summed E-state index contributed by atoms with van der Waals surface area (Å²) in [7, 11) is 1.63. The summed E-state index contributed by atoms with van der Waals surface area (Å²) in [5.74, 6) is 2.40. The number of unbranched alkanes of at least 4 members (excludes halogenated alkanes) is 1. The van der Waals surface area contributed by atoms with E-state index in [1.807, 2.05) is 36.4 Å². The Labute approximate surface area is 154 Å². The molecule has 0 fully saturated rings. The van der Waals surface area contributed by atoms with Crippen LogP contribution in [0.25, 0.3) is 0 Å². The molecule has 0 saturated heterocycles. The van der Waals surface area contributed by atoms with Crippen molar-refractivity contribution >= 4 is 0 Å². The SMILES string of the molecule is COc1ccc(CNC2CCOc3ccccc32)cc1OCCCC#N. The lowest BCUT2D eigenvalue weighted by atomic mass is 10.0. The zero-order valence-electron chi connectivity index (χ0n) is 15.0. The third kappa shape index (κ3) is 4.47. The maximum atomic E-state index is 8.62. The van der Waals surface area contributed by atoms with Crippen LogP contribution in [-0.2, 0) is 6.54 Å². The highest BCUT2D eigenvalue weighted by Gasteiger charge is 2.20. The zero-order valence-corrected chi connectivity index (χ0v) is 15.0. The summed E-state index contributed by atoms with van der Waals surface area (Å²) in [5, 5.41) is 12.2. The first-order chi connectivity index (χ1) is 12.8. The van der Waals surface area contributed by atoms with Crippen LogP contribution in [0, 0.1) is 11.3 Å². The topological polar surface area (TPSA) is 63.5 Å². The molecule has 3 rings (SSSR count). The fourth-order valence-corrected chi connectivity index (χ4v) is 3.07. The van der Waals surface area contributed by atoms with Gasteiger partial charge in [-0.15, -0.1) is 0 Å². The Morgan fingerprint density at radius 3 is 2.96 bits per heavy atom. The van der Waals surface area contributed by atoms with E-state index in [4.69, 9.17) is 19.5 Å². The molecule has 0 radical (unpaired) electrons. The third-order valence-electron chi connectivity index (χ3n) is 4.43. The first-order valence-corrected chi connectivity index (χ1v) is 8.93. The summed E-state index contributed by atoms with van der Waals surface area (Å²) in [5.41, 5.74) is 2.34. The number of hydrogen-bond acceptors (Lipinski definition) is 5. The molecule has 0 bridgehead atoms. The van der Waals surface area contributed by atoms with E-state index in [9.17, 15) is 0 Å². The highest BCUT2D eigenvalue weighted by atomic mass is 16.5. The maximum absolute atomic E-state index is 8.62. The van der Waals surface area contributed by atoms with Crippen molar-refractivity contribution in [2.24, 2.45) is 0 Å². The summed E-state index contributed by atoms with van der Waals surface area (Å²) in [6, 6.07) is 16.6. The number of methoxy groups -OCH3 is 1. The molecule has 2 aromatic carbocycles. The lowest BCUT2D eigenvalue weighted by molar-refractivity contribution is 0.252. The van der Waals surface area contributed by atoms with E-state index in [-0.39, 0.29) is 6.04 Å². The number of fused-ring (bicyclic) bond motifs is 1. The van der Waals surface area contributed by atoms with Crippen molar-refractivity contribution in [3.8, 4) is 23.3 Å². The Hall–Kier alpha value is -2.71. The third-order valence-corrected chi connectivity index (χ3v) is 4.43. The minimum Gasteiger partial charge on any atom is -0.493 e. The summed E-state index contributed by atoms with van der Waals surface area (Å²) >= 11 is 0. The first kappa shape index (κ1) is 18.1. The summed E-state index contributed by atoms with van der Waals surface area (Å²) in [6.45, 7) is 1.97. The van der Waals surface area contributed by atoms with Crippen LogP contribution in [0.5, 0.6) is 17.2 Å². The summed E-state index contributed by atoms with van der Waals surface area (Å²) in [6.07, 6.45) is 2.15. The van der Waals surface area contributed by atoms with E-state index >= 15 is 0 Å². The number of nitrogens with one attached hydrogen (secondary N) is 1. The van der Waals surface area contributed by atoms with Crippen LogP contribution in [-0.4, -0.2) is 20.3 Å². The molecule has 0 aromatic heterocycles. The molecular formula is C21H24N2O3. The molecule has 1 atom stereocenters. The van der Waals surface area contributed by atoms with Gasteiger partial charge in [-0.3, -0.25) is 0 Å². The number of hydrogen-bond donors (Lipinski definition) is 1. The molecule has 136 valence electrons. The molecule has 0 aliphatic carbocycles. The van der Waals surface area contributed by atoms with Crippen LogP contribution in [0.15, 0.2) is 42.5 Å². The van der Waals surface area contributed by atoms with Gasteiger partial charge in [-0.05, 0) is 30.2 Å². The molecule has 1 N–H and O–H groups in total. The van der Waals surface area contributed by atoms with Gasteiger partial charge in [0.25, 0.3) is 0 Å². The van der Waals surface area contributed by atoms with E-state index in [1.54, 1.807) is 7.11 Å². The smallest absolute Gasteiger partial charge is 0.161 e. The Kier molecular flexibility index (Phi) is 6.34. The normalized spacial score (nSPS) is 15.5. The fourth-order valence-electron chi connectivity index (χ4n) is 3.07. The van der Waals surface area contributed by atoms with Crippen LogP contribution in [0.4, 0.5) is 0 Å². The monoisotopic (exact) mass is 352 g/mol. The number of para-hydroxylation sites is 1. The Bertz CT molecular complexity index is 770. The molecule has 26 heavy (non-hydrogen) atoms. The van der Waals surface area contributed by atoms with Gasteiger partial charge in [-0.2, -0.15) is 5.26 Å². The number of benzene rings is 2. The van der Waals surface area contributed by atoms with Crippen molar-refractivity contribution in [2.45, 2.75) is 31.8 Å². The molecule has 1 unspecified atom stereocenters. The van der Waals surface area contributed by atoms with Gasteiger partial charge >= 0.3 is 0 Å². The van der Waals surface area contributed by atoms with Gasteiger partial charge in [0.05, 0.1) is 26.4 Å². The van der Waals surface area contributed by atoms with Crippen molar-refractivity contribution < 1.29 is 14.2 Å². The van der Waals surface area contributed by atoms with E-state index in [0.29, 0.717) is 25.2 Å². The molecule has 5 nitrogen and oxygen atoms in total. The average molecular weight is 352 g/mol. The lowest BCUT2D eigenvalue weighted by Gasteiger charge is -2.27.